The Morgan fingerprint density at radius 3 is 2.50 bits per heavy atom. The third kappa shape index (κ3) is 3.80. The van der Waals surface area contributed by atoms with Crippen molar-refractivity contribution < 1.29 is 14.1 Å². The first kappa shape index (κ1) is 17.8. The van der Waals surface area contributed by atoms with Crippen LogP contribution in [0.3, 0.4) is 0 Å². The molecular weight excluding hydrogens is 339 g/mol. The lowest BCUT2D eigenvalue weighted by Gasteiger charge is -2.34. The highest BCUT2D eigenvalue weighted by molar-refractivity contribution is 5.95. The number of nitrogen functional groups attached to an aromatic ring is 1. The molecule has 1 aliphatic rings. The molecule has 3 rings (SSSR count). The van der Waals surface area contributed by atoms with Crippen LogP contribution in [0.2, 0.25) is 0 Å². The Bertz CT molecular complexity index is 835. The Morgan fingerprint density at radius 2 is 1.85 bits per heavy atom. The molecule has 0 bridgehead atoms. The monoisotopic (exact) mass is 358 g/mol. The van der Waals surface area contributed by atoms with Crippen molar-refractivity contribution in [2.24, 2.45) is 0 Å². The van der Waals surface area contributed by atoms with E-state index >= 15 is 0 Å². The second kappa shape index (κ2) is 7.49. The van der Waals surface area contributed by atoms with Crippen LogP contribution in [0, 0.1) is 15.9 Å². The number of halogens is 1. The molecule has 0 radical (unpaired) electrons. The van der Waals surface area contributed by atoms with Crippen molar-refractivity contribution in [3.05, 3.63) is 69.5 Å². The number of hydrogen-bond acceptors (Lipinski definition) is 5. The summed E-state index contributed by atoms with van der Waals surface area (Å²) in [5, 5.41) is 11.0. The standard InChI is InChI=1S/C18H19FN4O3/c19-15-4-2-1-3-14(15)12-21-7-9-22(10-8-21)18(24)13-5-6-16(20)17(11-13)23(25)26/h1-6,11H,7-10,12,20H2. The van der Waals surface area contributed by atoms with E-state index in [9.17, 15) is 19.3 Å². The molecule has 2 aromatic carbocycles. The van der Waals surface area contributed by atoms with Gasteiger partial charge in [0.05, 0.1) is 4.92 Å². The van der Waals surface area contributed by atoms with Crippen molar-refractivity contribution in [1.82, 2.24) is 9.80 Å². The maximum absolute atomic E-state index is 13.8. The number of carbonyl (C=O) groups excluding carboxylic acids is 1. The van der Waals surface area contributed by atoms with Gasteiger partial charge in [-0.15, -0.1) is 0 Å². The van der Waals surface area contributed by atoms with E-state index in [-0.39, 0.29) is 28.7 Å². The van der Waals surface area contributed by atoms with Crippen LogP contribution in [0.25, 0.3) is 0 Å². The lowest BCUT2D eigenvalue weighted by atomic mass is 10.1. The predicted octanol–water partition coefficient (Wildman–Crippen LogP) is 2.27. The van der Waals surface area contributed by atoms with E-state index in [1.165, 1.54) is 24.3 Å². The van der Waals surface area contributed by atoms with Gasteiger partial charge in [0.2, 0.25) is 0 Å². The fraction of sp³-hybridized carbons (Fsp3) is 0.278. The third-order valence-electron chi connectivity index (χ3n) is 4.49. The first-order valence-corrected chi connectivity index (χ1v) is 8.24. The minimum absolute atomic E-state index is 0.0289. The zero-order chi connectivity index (χ0) is 18.7. The highest BCUT2D eigenvalue weighted by Gasteiger charge is 2.24. The quantitative estimate of drug-likeness (QED) is 0.514. The molecule has 0 saturated carbocycles. The van der Waals surface area contributed by atoms with Gasteiger partial charge < -0.3 is 10.6 Å². The number of hydrogen-bond donors (Lipinski definition) is 1. The molecular formula is C18H19FN4O3. The predicted molar refractivity (Wildman–Crippen MR) is 95.1 cm³/mol. The Kier molecular flexibility index (Phi) is 5.13. The summed E-state index contributed by atoms with van der Waals surface area (Å²) < 4.78 is 13.8. The molecule has 0 aromatic heterocycles. The molecule has 1 aliphatic heterocycles. The van der Waals surface area contributed by atoms with E-state index in [0.29, 0.717) is 38.3 Å². The number of nitrogens with zero attached hydrogens (tertiary/aromatic N) is 3. The van der Waals surface area contributed by atoms with Gasteiger partial charge in [-0.05, 0) is 18.2 Å². The molecule has 1 amide bonds. The normalized spacial score (nSPS) is 15.0. The summed E-state index contributed by atoms with van der Waals surface area (Å²) in [6.07, 6.45) is 0. The van der Waals surface area contributed by atoms with Gasteiger partial charge >= 0.3 is 0 Å². The average Bonchev–Trinajstić information content (AvgIpc) is 2.64. The van der Waals surface area contributed by atoms with E-state index in [1.807, 2.05) is 0 Å². The Balaban J connectivity index is 1.63. The molecule has 1 fully saturated rings. The molecule has 2 aromatic rings. The number of rotatable bonds is 4. The van der Waals surface area contributed by atoms with E-state index in [2.05, 4.69) is 4.90 Å². The SMILES string of the molecule is Nc1ccc(C(=O)N2CCN(Cc3ccccc3F)CC2)cc1[N+](=O)[O-]. The summed E-state index contributed by atoms with van der Waals surface area (Å²) >= 11 is 0. The van der Waals surface area contributed by atoms with Gasteiger partial charge in [-0.3, -0.25) is 19.8 Å². The van der Waals surface area contributed by atoms with Crippen LogP contribution in [-0.4, -0.2) is 46.8 Å². The van der Waals surface area contributed by atoms with E-state index in [1.54, 1.807) is 23.1 Å². The summed E-state index contributed by atoms with van der Waals surface area (Å²) in [4.78, 5) is 26.7. The second-order valence-electron chi connectivity index (χ2n) is 6.19. The van der Waals surface area contributed by atoms with Gasteiger partial charge in [0.15, 0.2) is 0 Å². The number of amides is 1. The van der Waals surface area contributed by atoms with Crippen LogP contribution in [0.4, 0.5) is 15.8 Å². The van der Waals surface area contributed by atoms with E-state index < -0.39 is 4.92 Å². The fourth-order valence-electron chi connectivity index (χ4n) is 2.99. The number of nitro groups is 1. The Hall–Kier alpha value is -3.00. The van der Waals surface area contributed by atoms with Crippen molar-refractivity contribution in [2.45, 2.75) is 6.54 Å². The zero-order valence-electron chi connectivity index (χ0n) is 14.1. The lowest BCUT2D eigenvalue weighted by molar-refractivity contribution is -0.383. The minimum Gasteiger partial charge on any atom is -0.393 e. The molecule has 136 valence electrons. The maximum atomic E-state index is 13.8. The summed E-state index contributed by atoms with van der Waals surface area (Å²) in [6, 6.07) is 10.7. The van der Waals surface area contributed by atoms with Gasteiger partial charge in [-0.25, -0.2) is 4.39 Å². The summed E-state index contributed by atoms with van der Waals surface area (Å²) in [6.45, 7) is 2.66. The van der Waals surface area contributed by atoms with Gasteiger partial charge in [0, 0.05) is 49.9 Å². The third-order valence-corrected chi connectivity index (χ3v) is 4.49. The van der Waals surface area contributed by atoms with Gasteiger partial charge in [-0.1, -0.05) is 18.2 Å². The highest BCUT2D eigenvalue weighted by Crippen LogP contribution is 2.23. The molecule has 0 aliphatic carbocycles. The Morgan fingerprint density at radius 1 is 1.15 bits per heavy atom. The van der Waals surface area contributed by atoms with Crippen molar-refractivity contribution in [3.63, 3.8) is 0 Å². The number of nitrogens with two attached hydrogens (primary N) is 1. The largest absolute Gasteiger partial charge is 0.393 e. The minimum atomic E-state index is -0.599. The molecule has 0 spiro atoms. The van der Waals surface area contributed by atoms with Crippen LogP contribution in [0.15, 0.2) is 42.5 Å². The molecule has 1 saturated heterocycles. The smallest absolute Gasteiger partial charge is 0.292 e. The number of piperazine rings is 1. The molecule has 7 nitrogen and oxygen atoms in total. The zero-order valence-corrected chi connectivity index (χ0v) is 14.1. The number of nitro benzene ring substituents is 1. The van der Waals surface area contributed by atoms with Crippen LogP contribution in [-0.2, 0) is 6.54 Å². The number of carbonyl (C=O) groups is 1. The average molecular weight is 358 g/mol. The lowest BCUT2D eigenvalue weighted by Crippen LogP contribution is -2.48. The number of benzene rings is 2. The molecule has 8 heteroatoms. The maximum Gasteiger partial charge on any atom is 0.292 e. The van der Waals surface area contributed by atoms with Gasteiger partial charge in [0.1, 0.15) is 11.5 Å². The van der Waals surface area contributed by atoms with Gasteiger partial charge in [-0.2, -0.15) is 0 Å². The van der Waals surface area contributed by atoms with Crippen LogP contribution < -0.4 is 5.73 Å². The molecule has 0 unspecified atom stereocenters. The summed E-state index contributed by atoms with van der Waals surface area (Å²) in [7, 11) is 0. The molecule has 0 atom stereocenters. The second-order valence-corrected chi connectivity index (χ2v) is 6.19. The van der Waals surface area contributed by atoms with Crippen molar-refractivity contribution in [3.8, 4) is 0 Å². The summed E-state index contributed by atoms with van der Waals surface area (Å²) in [5.41, 5.74) is 6.20. The van der Waals surface area contributed by atoms with E-state index in [4.69, 9.17) is 5.73 Å². The highest BCUT2D eigenvalue weighted by atomic mass is 19.1. The Labute approximate surface area is 150 Å². The van der Waals surface area contributed by atoms with Gasteiger partial charge in [0.25, 0.3) is 11.6 Å². The molecule has 26 heavy (non-hydrogen) atoms. The summed E-state index contributed by atoms with van der Waals surface area (Å²) in [5.74, 6) is -0.501. The van der Waals surface area contributed by atoms with E-state index in [0.717, 1.165) is 0 Å². The first-order valence-electron chi connectivity index (χ1n) is 8.24. The topological polar surface area (TPSA) is 92.7 Å². The van der Waals surface area contributed by atoms with Crippen molar-refractivity contribution >= 4 is 17.3 Å². The number of anilines is 1. The van der Waals surface area contributed by atoms with Crippen molar-refractivity contribution in [2.75, 3.05) is 31.9 Å². The van der Waals surface area contributed by atoms with Crippen LogP contribution in [0.5, 0.6) is 0 Å². The molecule has 1 heterocycles. The van der Waals surface area contributed by atoms with Crippen LogP contribution in [0.1, 0.15) is 15.9 Å². The first-order chi connectivity index (χ1) is 12.5. The fourth-order valence-corrected chi connectivity index (χ4v) is 2.99. The molecule has 2 N–H and O–H groups in total. The van der Waals surface area contributed by atoms with Crippen LogP contribution >= 0.6 is 0 Å². The van der Waals surface area contributed by atoms with Crippen molar-refractivity contribution in [1.29, 1.82) is 0 Å².